The minimum absolute atomic E-state index is 0.367. The Morgan fingerprint density at radius 3 is 0.800 bits per heavy atom. The molecule has 554 valence electrons. The first kappa shape index (κ1) is 79.7. The summed E-state index contributed by atoms with van der Waals surface area (Å²) < 4.78 is 107. The standard InChI is InChI=1S/C27H33F3.C24H36F2.C22H25F3.C19H36/c1-2-3-18-4-6-19(7-5-18)20-8-10-21(11-9-20)22-12-14-23(15-13-22)24-16-25(28)27(30)26(29)17-24;1-2-3-4-18-7-12-21(13-8-18)22-14-9-19(10-15-22)5-6-20-11-16-23(25)24(26)17-20;1-2-3-4-15-5-7-16(8-6-15)17-9-11-18(12-10-17)19-13-20(23)22(25)21(24)14-19;1-3-5-7-17-10-14-19(15-11-17)18-12-8-16(6-4-2)9-13-18/h12-21H,2-11H2,1H3;11,16-19,21-22H,2-10,12-15H2,1H3;9-16H,2-8H2,1H3;16-19H,3-15H2,1-2H3. The average molecular weight is 1390 g/mol. The minimum Gasteiger partial charge on any atom is -0.204 e. The van der Waals surface area contributed by atoms with E-state index in [1.165, 1.54) is 235 Å². The Morgan fingerprint density at radius 1 is 0.240 bits per heavy atom. The molecule has 0 N–H and O–H groups in total. The molecular weight excluding hydrogens is 1260 g/mol. The van der Waals surface area contributed by atoms with Gasteiger partial charge >= 0.3 is 0 Å². The fourth-order valence-corrected chi connectivity index (χ4v) is 20.2. The summed E-state index contributed by atoms with van der Waals surface area (Å²) in [4.78, 5) is 0. The predicted molar refractivity (Wildman–Crippen MR) is 403 cm³/mol. The van der Waals surface area contributed by atoms with Crippen molar-refractivity contribution in [2.45, 2.75) is 323 Å². The molecule has 0 atom stereocenters. The Balaban J connectivity index is 0.000000157. The van der Waals surface area contributed by atoms with Gasteiger partial charge in [0.25, 0.3) is 0 Å². The van der Waals surface area contributed by atoms with Gasteiger partial charge in [0, 0.05) is 0 Å². The highest BCUT2D eigenvalue weighted by Gasteiger charge is 2.34. The van der Waals surface area contributed by atoms with Crippen molar-refractivity contribution in [3.63, 3.8) is 0 Å². The molecule has 7 saturated carbocycles. The summed E-state index contributed by atoms with van der Waals surface area (Å²) >= 11 is 0. The van der Waals surface area contributed by atoms with E-state index in [0.717, 1.165) is 114 Å². The van der Waals surface area contributed by atoms with E-state index in [4.69, 9.17) is 0 Å². The molecule has 0 spiro atoms. The Labute approximate surface area is 602 Å². The van der Waals surface area contributed by atoms with Gasteiger partial charge in [-0.15, -0.1) is 0 Å². The van der Waals surface area contributed by atoms with Crippen LogP contribution in [0.3, 0.4) is 0 Å². The molecule has 0 bridgehead atoms. The van der Waals surface area contributed by atoms with Crippen LogP contribution in [0.15, 0.2) is 91.0 Å². The van der Waals surface area contributed by atoms with Gasteiger partial charge in [0.2, 0.25) is 0 Å². The quantitative estimate of drug-likeness (QED) is 0.0452. The number of hydrogen-bond acceptors (Lipinski definition) is 0. The summed E-state index contributed by atoms with van der Waals surface area (Å²) in [6.07, 6.45) is 59.9. The van der Waals surface area contributed by atoms with Gasteiger partial charge in [0.15, 0.2) is 46.5 Å². The summed E-state index contributed by atoms with van der Waals surface area (Å²) in [6, 6.07) is 24.4. The van der Waals surface area contributed by atoms with E-state index in [1.807, 2.05) is 36.4 Å². The molecule has 0 radical (unpaired) electrons. The number of unbranched alkanes of at least 4 members (excludes halogenated alkanes) is 3. The highest BCUT2D eigenvalue weighted by Crippen LogP contribution is 2.48. The van der Waals surface area contributed by atoms with E-state index < -0.39 is 46.5 Å². The first-order valence-corrected chi connectivity index (χ1v) is 41.5. The molecule has 0 unspecified atom stereocenters. The molecule has 100 heavy (non-hydrogen) atoms. The zero-order valence-electron chi connectivity index (χ0n) is 62.7. The van der Waals surface area contributed by atoms with Crippen molar-refractivity contribution in [3.05, 3.63) is 154 Å². The molecule has 5 aromatic rings. The molecular formula is C92H130F8. The van der Waals surface area contributed by atoms with E-state index in [0.29, 0.717) is 34.1 Å². The molecule has 12 rings (SSSR count). The zero-order valence-corrected chi connectivity index (χ0v) is 62.7. The van der Waals surface area contributed by atoms with Crippen molar-refractivity contribution in [2.24, 2.45) is 71.0 Å². The third-order valence-corrected chi connectivity index (χ3v) is 26.6. The van der Waals surface area contributed by atoms with Gasteiger partial charge in [-0.25, -0.2) is 35.1 Å². The van der Waals surface area contributed by atoms with Crippen molar-refractivity contribution in [1.82, 2.24) is 0 Å². The monoisotopic (exact) mass is 1390 g/mol. The van der Waals surface area contributed by atoms with Crippen molar-refractivity contribution >= 4 is 0 Å². The zero-order chi connectivity index (χ0) is 70.8. The number of aryl methyl sites for hydroxylation is 1. The maximum absolute atomic E-state index is 13.5. The van der Waals surface area contributed by atoms with Crippen LogP contribution in [-0.2, 0) is 6.42 Å². The van der Waals surface area contributed by atoms with Gasteiger partial charge in [0.05, 0.1) is 0 Å². The molecule has 0 amide bonds. The van der Waals surface area contributed by atoms with Crippen LogP contribution in [0.4, 0.5) is 35.1 Å². The molecule has 7 aliphatic carbocycles. The first-order chi connectivity index (χ1) is 48.6. The number of rotatable bonds is 23. The topological polar surface area (TPSA) is 0 Å². The SMILES string of the molecule is CCCC1CCC(C2CCC(c3ccc(-c4cc(F)c(F)c(F)c4)cc3)CC2)CC1.CCCCC1CCC(C2CCC(CCC)CC2)CC1.CCCCC1CCC(C2CCC(CCc3ccc(F)c(F)c3)CC2)CC1.CCCCC1CCC(c2ccc(-c3cc(F)c(F)c(F)c3)cc2)CC1. The lowest BCUT2D eigenvalue weighted by Crippen LogP contribution is -2.26. The van der Waals surface area contributed by atoms with Crippen LogP contribution in [-0.4, -0.2) is 0 Å². The molecule has 7 aliphatic rings. The summed E-state index contributed by atoms with van der Waals surface area (Å²) in [5.74, 6) is 4.12. The fraction of sp³-hybridized carbons (Fsp3) is 0.674. The molecule has 0 nitrogen and oxygen atoms in total. The second kappa shape index (κ2) is 41.9. The largest absolute Gasteiger partial charge is 0.204 e. The van der Waals surface area contributed by atoms with Crippen LogP contribution in [0.25, 0.3) is 22.3 Å². The van der Waals surface area contributed by atoms with Crippen LogP contribution in [0, 0.1) is 118 Å². The number of hydrogen-bond donors (Lipinski definition) is 0. The van der Waals surface area contributed by atoms with Crippen LogP contribution in [0.2, 0.25) is 0 Å². The highest BCUT2D eigenvalue weighted by molar-refractivity contribution is 5.65. The Kier molecular flexibility index (Phi) is 33.4. The second-order valence-corrected chi connectivity index (χ2v) is 33.3. The maximum Gasteiger partial charge on any atom is 0.194 e. The molecule has 7 fully saturated rings. The summed E-state index contributed by atoms with van der Waals surface area (Å²) in [6.45, 7) is 11.5. The van der Waals surface area contributed by atoms with Crippen LogP contribution < -0.4 is 0 Å². The van der Waals surface area contributed by atoms with Gasteiger partial charge in [-0.1, -0.05) is 237 Å². The van der Waals surface area contributed by atoms with Gasteiger partial charge < -0.3 is 0 Å². The third kappa shape index (κ3) is 24.3. The summed E-state index contributed by atoms with van der Waals surface area (Å²) in [5.41, 5.74) is 5.71. The van der Waals surface area contributed by atoms with E-state index in [2.05, 4.69) is 46.8 Å². The lowest BCUT2D eigenvalue weighted by molar-refractivity contribution is 0.140. The van der Waals surface area contributed by atoms with Crippen LogP contribution in [0.1, 0.15) is 333 Å². The van der Waals surface area contributed by atoms with Crippen LogP contribution in [0.5, 0.6) is 0 Å². The number of halogens is 8. The van der Waals surface area contributed by atoms with E-state index in [1.54, 1.807) is 57.4 Å². The minimum atomic E-state index is -1.42. The Hall–Kier alpha value is -4.46. The van der Waals surface area contributed by atoms with E-state index >= 15 is 0 Å². The molecule has 0 aliphatic heterocycles. The number of benzene rings is 5. The van der Waals surface area contributed by atoms with Crippen molar-refractivity contribution < 1.29 is 35.1 Å². The van der Waals surface area contributed by atoms with E-state index in [9.17, 15) is 35.1 Å². The fourth-order valence-electron chi connectivity index (χ4n) is 20.2. The maximum atomic E-state index is 13.5. The average Bonchev–Trinajstić information content (AvgIpc) is 0.841. The van der Waals surface area contributed by atoms with Crippen molar-refractivity contribution in [3.8, 4) is 22.3 Å². The second-order valence-electron chi connectivity index (χ2n) is 33.3. The lowest BCUT2D eigenvalue weighted by atomic mass is 9.68. The predicted octanol–water partition coefficient (Wildman–Crippen LogP) is 30.2. The Bertz CT molecular complexity index is 3030. The lowest BCUT2D eigenvalue weighted by Gasteiger charge is -2.38. The molecule has 5 aromatic carbocycles. The van der Waals surface area contributed by atoms with E-state index in [-0.39, 0.29) is 0 Å². The smallest absolute Gasteiger partial charge is 0.194 e. The summed E-state index contributed by atoms with van der Waals surface area (Å²) in [5, 5.41) is 0. The molecule has 8 heteroatoms. The van der Waals surface area contributed by atoms with Crippen molar-refractivity contribution in [2.75, 3.05) is 0 Å². The van der Waals surface area contributed by atoms with Gasteiger partial charge in [0.1, 0.15) is 0 Å². The van der Waals surface area contributed by atoms with Crippen molar-refractivity contribution in [1.29, 1.82) is 0 Å². The van der Waals surface area contributed by atoms with Gasteiger partial charge in [-0.05, 0) is 287 Å². The van der Waals surface area contributed by atoms with Gasteiger partial charge in [-0.3, -0.25) is 0 Å². The van der Waals surface area contributed by atoms with Gasteiger partial charge in [-0.2, -0.15) is 0 Å². The first-order valence-electron chi connectivity index (χ1n) is 41.5. The summed E-state index contributed by atoms with van der Waals surface area (Å²) in [7, 11) is 0. The normalized spacial score (nSPS) is 27.9. The molecule has 0 heterocycles. The highest BCUT2D eigenvalue weighted by atomic mass is 19.2. The molecule has 0 saturated heterocycles. The van der Waals surface area contributed by atoms with Crippen LogP contribution >= 0.6 is 0 Å². The molecule has 0 aromatic heterocycles. The third-order valence-electron chi connectivity index (χ3n) is 26.6. The Morgan fingerprint density at radius 2 is 0.510 bits per heavy atom.